The molecule has 4 rings (SSSR count). The summed E-state index contributed by atoms with van der Waals surface area (Å²) in [4.78, 5) is 43.7. The molecule has 1 aromatic heterocycles. The van der Waals surface area contributed by atoms with Gasteiger partial charge < -0.3 is 5.32 Å². The Labute approximate surface area is 157 Å². The fourth-order valence-corrected chi connectivity index (χ4v) is 3.87. The fourth-order valence-electron chi connectivity index (χ4n) is 3.87. The first-order valence-corrected chi connectivity index (χ1v) is 9.31. The van der Waals surface area contributed by atoms with Crippen molar-refractivity contribution in [2.75, 3.05) is 5.32 Å². The van der Waals surface area contributed by atoms with Gasteiger partial charge in [0.2, 0.25) is 0 Å². The molecule has 2 aromatic rings. The molecule has 0 spiro atoms. The molecule has 6 nitrogen and oxygen atoms in total. The largest absolute Gasteiger partial charge is 0.307 e. The molecular weight excluding hydrogens is 342 g/mol. The molecule has 1 fully saturated rings. The van der Waals surface area contributed by atoms with Gasteiger partial charge in [-0.25, -0.2) is 4.98 Å². The minimum atomic E-state index is -0.354. The molecule has 27 heavy (non-hydrogen) atoms. The second-order valence-electron chi connectivity index (χ2n) is 7.15. The Morgan fingerprint density at radius 2 is 1.78 bits per heavy atom. The molecule has 3 amide bonds. The number of amides is 3. The lowest BCUT2D eigenvalue weighted by Gasteiger charge is -2.29. The third-order valence-electron chi connectivity index (χ3n) is 5.25. The predicted octanol–water partition coefficient (Wildman–Crippen LogP) is 3.57. The van der Waals surface area contributed by atoms with Gasteiger partial charge in [0, 0.05) is 17.3 Å². The van der Waals surface area contributed by atoms with Gasteiger partial charge in [0.05, 0.1) is 11.1 Å². The number of hydrogen-bond donors (Lipinski definition) is 1. The number of anilines is 1. The number of imide groups is 1. The molecule has 6 heteroatoms. The van der Waals surface area contributed by atoms with E-state index in [-0.39, 0.29) is 23.8 Å². The highest BCUT2D eigenvalue weighted by Crippen LogP contribution is 2.31. The number of rotatable bonds is 3. The molecule has 1 aliphatic heterocycles. The number of aryl methyl sites for hydroxylation is 1. The third-order valence-corrected chi connectivity index (χ3v) is 5.25. The van der Waals surface area contributed by atoms with Gasteiger partial charge in [-0.05, 0) is 50.1 Å². The van der Waals surface area contributed by atoms with Gasteiger partial charge in [-0.15, -0.1) is 0 Å². The van der Waals surface area contributed by atoms with E-state index < -0.39 is 0 Å². The van der Waals surface area contributed by atoms with Crippen molar-refractivity contribution in [2.45, 2.75) is 45.1 Å². The first kappa shape index (κ1) is 17.4. The smallest absolute Gasteiger partial charge is 0.261 e. The SMILES string of the molecule is Cc1cccc(NC(=O)c2ccc3c(c2)C(=O)N(C2CCCCC2)C3=O)n1. The second-order valence-corrected chi connectivity index (χ2v) is 7.15. The first-order valence-electron chi connectivity index (χ1n) is 9.31. The number of carbonyl (C=O) groups is 3. The molecule has 0 saturated heterocycles. The molecule has 2 aliphatic rings. The molecule has 0 unspecified atom stereocenters. The summed E-state index contributed by atoms with van der Waals surface area (Å²) in [7, 11) is 0. The standard InChI is InChI=1S/C21H21N3O3/c1-13-6-5-9-18(22-13)23-19(25)14-10-11-16-17(12-14)21(27)24(20(16)26)15-7-3-2-4-8-15/h5-6,9-12,15H,2-4,7-8H2,1H3,(H,22,23,25). The van der Waals surface area contributed by atoms with Crippen molar-refractivity contribution >= 4 is 23.5 Å². The third kappa shape index (κ3) is 3.23. The lowest BCUT2D eigenvalue weighted by atomic mass is 9.94. The van der Waals surface area contributed by atoms with Crippen molar-refractivity contribution in [1.29, 1.82) is 0 Å². The topological polar surface area (TPSA) is 79.4 Å². The van der Waals surface area contributed by atoms with E-state index in [1.807, 2.05) is 19.1 Å². The molecule has 1 aromatic carbocycles. The van der Waals surface area contributed by atoms with Gasteiger partial charge in [-0.2, -0.15) is 0 Å². The van der Waals surface area contributed by atoms with E-state index in [1.54, 1.807) is 18.2 Å². The molecule has 138 valence electrons. The van der Waals surface area contributed by atoms with Crippen molar-refractivity contribution in [1.82, 2.24) is 9.88 Å². The quantitative estimate of drug-likeness (QED) is 0.846. The van der Waals surface area contributed by atoms with Gasteiger partial charge in [0.15, 0.2) is 0 Å². The number of nitrogens with zero attached hydrogens (tertiary/aromatic N) is 2. The van der Waals surface area contributed by atoms with Crippen LogP contribution in [0.2, 0.25) is 0 Å². The lowest BCUT2D eigenvalue weighted by molar-refractivity contribution is 0.0549. The van der Waals surface area contributed by atoms with E-state index in [2.05, 4.69) is 10.3 Å². The lowest BCUT2D eigenvalue weighted by Crippen LogP contribution is -2.40. The van der Waals surface area contributed by atoms with Crippen LogP contribution in [-0.2, 0) is 0 Å². The Kier molecular flexibility index (Phi) is 4.48. The maximum absolute atomic E-state index is 12.8. The number of nitrogens with one attached hydrogen (secondary N) is 1. The second kappa shape index (κ2) is 6.95. The number of carbonyl (C=O) groups excluding carboxylic acids is 3. The first-order chi connectivity index (χ1) is 13.0. The number of fused-ring (bicyclic) bond motifs is 1. The van der Waals surface area contributed by atoms with E-state index in [0.29, 0.717) is 22.5 Å². The van der Waals surface area contributed by atoms with Gasteiger partial charge in [0.25, 0.3) is 17.7 Å². The molecule has 1 saturated carbocycles. The van der Waals surface area contributed by atoms with Gasteiger partial charge in [-0.3, -0.25) is 19.3 Å². The van der Waals surface area contributed by atoms with Crippen LogP contribution in [0, 0.1) is 6.92 Å². The number of aromatic nitrogens is 1. The van der Waals surface area contributed by atoms with Crippen molar-refractivity contribution in [3.63, 3.8) is 0 Å². The van der Waals surface area contributed by atoms with Gasteiger partial charge in [-0.1, -0.05) is 25.3 Å². The molecule has 1 N–H and O–H groups in total. The Morgan fingerprint density at radius 3 is 2.52 bits per heavy atom. The van der Waals surface area contributed by atoms with Crippen LogP contribution in [0.4, 0.5) is 5.82 Å². The number of pyridine rings is 1. The van der Waals surface area contributed by atoms with Crippen LogP contribution < -0.4 is 5.32 Å². The zero-order chi connectivity index (χ0) is 19.0. The van der Waals surface area contributed by atoms with Crippen molar-refractivity contribution in [3.05, 3.63) is 58.8 Å². The Balaban J connectivity index is 1.58. The number of hydrogen-bond acceptors (Lipinski definition) is 4. The molecule has 2 heterocycles. The predicted molar refractivity (Wildman–Crippen MR) is 101 cm³/mol. The summed E-state index contributed by atoms with van der Waals surface area (Å²) in [6.45, 7) is 1.84. The zero-order valence-electron chi connectivity index (χ0n) is 15.2. The summed E-state index contributed by atoms with van der Waals surface area (Å²) in [5, 5.41) is 2.73. The minimum absolute atomic E-state index is 0.0279. The maximum Gasteiger partial charge on any atom is 0.261 e. The van der Waals surface area contributed by atoms with E-state index in [9.17, 15) is 14.4 Å². The van der Waals surface area contributed by atoms with Crippen molar-refractivity contribution in [3.8, 4) is 0 Å². The Hall–Kier alpha value is -3.02. The molecule has 0 radical (unpaired) electrons. The van der Waals surface area contributed by atoms with Crippen molar-refractivity contribution < 1.29 is 14.4 Å². The van der Waals surface area contributed by atoms with Crippen LogP contribution in [0.15, 0.2) is 36.4 Å². The number of benzene rings is 1. The fraction of sp³-hybridized carbons (Fsp3) is 0.333. The normalized spacial score (nSPS) is 17.1. The monoisotopic (exact) mass is 363 g/mol. The van der Waals surface area contributed by atoms with Crippen LogP contribution in [0.3, 0.4) is 0 Å². The van der Waals surface area contributed by atoms with E-state index in [4.69, 9.17) is 0 Å². The molecule has 1 aliphatic carbocycles. The molecule has 0 atom stereocenters. The van der Waals surface area contributed by atoms with Crippen LogP contribution in [0.25, 0.3) is 0 Å². The van der Waals surface area contributed by atoms with E-state index >= 15 is 0 Å². The van der Waals surface area contributed by atoms with E-state index in [0.717, 1.165) is 37.8 Å². The van der Waals surface area contributed by atoms with Crippen LogP contribution in [0.1, 0.15) is 68.9 Å². The summed E-state index contributed by atoms with van der Waals surface area (Å²) in [5.74, 6) is -0.432. The Morgan fingerprint density at radius 1 is 1.04 bits per heavy atom. The summed E-state index contributed by atoms with van der Waals surface area (Å²) >= 11 is 0. The average molecular weight is 363 g/mol. The summed E-state index contributed by atoms with van der Waals surface area (Å²) in [6, 6.07) is 10.0. The highest BCUT2D eigenvalue weighted by atomic mass is 16.2. The average Bonchev–Trinajstić information content (AvgIpc) is 2.92. The Bertz CT molecular complexity index is 932. The zero-order valence-corrected chi connectivity index (χ0v) is 15.2. The molecular formula is C21H21N3O3. The summed E-state index contributed by atoms with van der Waals surface area (Å²) in [6.07, 6.45) is 4.94. The van der Waals surface area contributed by atoms with E-state index in [1.165, 1.54) is 11.0 Å². The van der Waals surface area contributed by atoms with Gasteiger partial charge >= 0.3 is 0 Å². The summed E-state index contributed by atoms with van der Waals surface area (Å²) < 4.78 is 0. The highest BCUT2D eigenvalue weighted by Gasteiger charge is 2.40. The van der Waals surface area contributed by atoms with Gasteiger partial charge in [0.1, 0.15) is 5.82 Å². The highest BCUT2D eigenvalue weighted by molar-refractivity contribution is 6.22. The van der Waals surface area contributed by atoms with Crippen LogP contribution in [0.5, 0.6) is 0 Å². The van der Waals surface area contributed by atoms with Crippen molar-refractivity contribution in [2.24, 2.45) is 0 Å². The van der Waals surface area contributed by atoms with Crippen LogP contribution in [-0.4, -0.2) is 33.6 Å². The maximum atomic E-state index is 12.8. The molecule has 0 bridgehead atoms. The van der Waals surface area contributed by atoms with Crippen LogP contribution >= 0.6 is 0 Å². The summed E-state index contributed by atoms with van der Waals surface area (Å²) in [5.41, 5.74) is 1.83. The minimum Gasteiger partial charge on any atom is -0.307 e.